The molecule has 0 radical (unpaired) electrons. The van der Waals surface area contributed by atoms with Crippen LogP contribution in [0.1, 0.15) is 10.5 Å². The van der Waals surface area contributed by atoms with E-state index in [0.29, 0.717) is 0 Å². The van der Waals surface area contributed by atoms with Gasteiger partial charge in [-0.25, -0.2) is 9.78 Å². The molecule has 1 amide bonds. The normalized spacial score (nSPS) is 11.8. The Kier molecular flexibility index (Phi) is 3.69. The van der Waals surface area contributed by atoms with Crippen LogP contribution in [0.25, 0.3) is 0 Å². The molecular weight excluding hydrogens is 202 g/mol. The van der Waals surface area contributed by atoms with E-state index in [1.54, 1.807) is 0 Å². The van der Waals surface area contributed by atoms with Crippen LogP contribution in [0.4, 0.5) is 0 Å². The summed E-state index contributed by atoms with van der Waals surface area (Å²) < 4.78 is 0. The van der Waals surface area contributed by atoms with Crippen LogP contribution in [-0.2, 0) is 4.79 Å². The first-order chi connectivity index (χ1) is 7.15. The molecule has 7 nitrogen and oxygen atoms in total. The lowest BCUT2D eigenvalue weighted by Crippen LogP contribution is -2.43. The van der Waals surface area contributed by atoms with Crippen LogP contribution in [0.3, 0.4) is 0 Å². The fraction of sp³-hybridized carbons (Fsp3) is 0.250. The zero-order chi connectivity index (χ0) is 11.3. The monoisotopic (exact) mass is 211 g/mol. The molecule has 0 saturated heterocycles. The maximum absolute atomic E-state index is 11.3. The Morgan fingerprint density at radius 3 is 2.67 bits per heavy atom. The van der Waals surface area contributed by atoms with Crippen molar-refractivity contribution in [2.45, 2.75) is 6.04 Å². The number of hydrogen-bond acceptors (Lipinski definition) is 5. The average Bonchev–Trinajstić information content (AvgIpc) is 2.26. The topological polar surface area (TPSA) is 112 Å². The number of aliphatic hydroxyl groups excluding tert-OH is 1. The van der Waals surface area contributed by atoms with Gasteiger partial charge in [0.1, 0.15) is 5.69 Å². The minimum Gasteiger partial charge on any atom is -0.480 e. The van der Waals surface area contributed by atoms with Gasteiger partial charge in [0.05, 0.1) is 12.8 Å². The Morgan fingerprint density at radius 1 is 1.47 bits per heavy atom. The molecule has 0 aliphatic rings. The Balaban J connectivity index is 2.67. The van der Waals surface area contributed by atoms with Crippen molar-refractivity contribution in [3.63, 3.8) is 0 Å². The molecule has 0 fully saturated rings. The number of rotatable bonds is 4. The molecule has 1 aromatic heterocycles. The molecule has 0 aliphatic carbocycles. The number of carbonyl (C=O) groups excluding carboxylic acids is 1. The number of hydrogen-bond donors (Lipinski definition) is 3. The lowest BCUT2D eigenvalue weighted by Gasteiger charge is -2.10. The van der Waals surface area contributed by atoms with Gasteiger partial charge >= 0.3 is 5.97 Å². The molecule has 1 heterocycles. The van der Waals surface area contributed by atoms with Crippen molar-refractivity contribution in [2.75, 3.05) is 6.61 Å². The van der Waals surface area contributed by atoms with E-state index in [1.807, 2.05) is 0 Å². The number of carboxylic acid groups (broad SMARTS) is 1. The van der Waals surface area contributed by atoms with Gasteiger partial charge < -0.3 is 15.5 Å². The summed E-state index contributed by atoms with van der Waals surface area (Å²) in [6, 6.07) is -1.33. The molecule has 0 spiro atoms. The van der Waals surface area contributed by atoms with Crippen molar-refractivity contribution in [1.29, 1.82) is 0 Å². The first-order valence-corrected chi connectivity index (χ1v) is 4.05. The molecule has 0 aliphatic heterocycles. The van der Waals surface area contributed by atoms with Crippen molar-refractivity contribution in [1.82, 2.24) is 15.3 Å². The van der Waals surface area contributed by atoms with Crippen LogP contribution in [0.2, 0.25) is 0 Å². The molecule has 0 saturated carbocycles. The molecule has 0 aromatic carbocycles. The fourth-order valence-electron chi connectivity index (χ4n) is 0.834. The van der Waals surface area contributed by atoms with Gasteiger partial charge in [-0.3, -0.25) is 9.78 Å². The van der Waals surface area contributed by atoms with E-state index in [4.69, 9.17) is 10.2 Å². The average molecular weight is 211 g/mol. The highest BCUT2D eigenvalue weighted by molar-refractivity contribution is 5.94. The lowest BCUT2D eigenvalue weighted by molar-refractivity contribution is -0.140. The largest absolute Gasteiger partial charge is 0.480 e. The van der Waals surface area contributed by atoms with Crippen molar-refractivity contribution in [2.24, 2.45) is 0 Å². The summed E-state index contributed by atoms with van der Waals surface area (Å²) >= 11 is 0. The number of aliphatic hydroxyl groups is 1. The molecule has 1 aromatic rings. The molecule has 7 heteroatoms. The third-order valence-corrected chi connectivity index (χ3v) is 1.58. The van der Waals surface area contributed by atoms with Gasteiger partial charge in [0, 0.05) is 12.4 Å². The Morgan fingerprint density at radius 2 is 2.20 bits per heavy atom. The lowest BCUT2D eigenvalue weighted by atomic mass is 10.3. The number of nitrogens with one attached hydrogen (secondary N) is 1. The van der Waals surface area contributed by atoms with Gasteiger partial charge in [0.15, 0.2) is 6.04 Å². The Labute approximate surface area is 84.8 Å². The van der Waals surface area contributed by atoms with Crippen molar-refractivity contribution < 1.29 is 19.8 Å². The standard InChI is InChI=1S/C8H9N3O4/c12-4-6(8(14)15)11-7(13)5-3-9-1-2-10-5/h1-3,6,12H,4H2,(H,11,13)(H,14,15)/t6-/m0/s1. The van der Waals surface area contributed by atoms with Crippen LogP contribution in [0.15, 0.2) is 18.6 Å². The zero-order valence-electron chi connectivity index (χ0n) is 7.62. The van der Waals surface area contributed by atoms with Crippen molar-refractivity contribution in [3.05, 3.63) is 24.3 Å². The molecule has 0 bridgehead atoms. The fourth-order valence-corrected chi connectivity index (χ4v) is 0.834. The first kappa shape index (κ1) is 11.1. The molecule has 15 heavy (non-hydrogen) atoms. The van der Waals surface area contributed by atoms with Gasteiger partial charge in [-0.1, -0.05) is 0 Å². The number of aliphatic carboxylic acids is 1. The Bertz CT molecular complexity index is 354. The van der Waals surface area contributed by atoms with Gasteiger partial charge in [-0.2, -0.15) is 0 Å². The van der Waals surface area contributed by atoms with Crippen LogP contribution in [0.5, 0.6) is 0 Å². The molecule has 1 rings (SSSR count). The zero-order valence-corrected chi connectivity index (χ0v) is 7.62. The predicted octanol–water partition coefficient (Wildman–Crippen LogP) is -1.35. The summed E-state index contributed by atoms with van der Waals surface area (Å²) in [6.45, 7) is -0.679. The summed E-state index contributed by atoms with van der Waals surface area (Å²) in [4.78, 5) is 29.1. The summed E-state index contributed by atoms with van der Waals surface area (Å²) in [5.41, 5.74) is -0.00259. The van der Waals surface area contributed by atoms with E-state index >= 15 is 0 Å². The van der Waals surface area contributed by atoms with Crippen molar-refractivity contribution >= 4 is 11.9 Å². The highest BCUT2D eigenvalue weighted by Crippen LogP contribution is 1.92. The summed E-state index contributed by atoms with van der Waals surface area (Å²) in [5.74, 6) is -2.00. The van der Waals surface area contributed by atoms with Gasteiger partial charge in [-0.15, -0.1) is 0 Å². The first-order valence-electron chi connectivity index (χ1n) is 4.05. The van der Waals surface area contributed by atoms with Crippen LogP contribution in [0, 0.1) is 0 Å². The van der Waals surface area contributed by atoms with E-state index < -0.39 is 24.5 Å². The van der Waals surface area contributed by atoms with Crippen LogP contribution >= 0.6 is 0 Å². The van der Waals surface area contributed by atoms with Crippen molar-refractivity contribution in [3.8, 4) is 0 Å². The molecule has 80 valence electrons. The summed E-state index contributed by atoms with van der Waals surface area (Å²) in [7, 11) is 0. The smallest absolute Gasteiger partial charge is 0.328 e. The van der Waals surface area contributed by atoms with E-state index in [9.17, 15) is 9.59 Å². The molecular formula is C8H9N3O4. The maximum atomic E-state index is 11.3. The van der Waals surface area contributed by atoms with E-state index in [0.717, 1.165) is 0 Å². The minimum atomic E-state index is -1.33. The highest BCUT2D eigenvalue weighted by Gasteiger charge is 2.19. The van der Waals surface area contributed by atoms with E-state index in [-0.39, 0.29) is 5.69 Å². The third kappa shape index (κ3) is 2.99. The number of nitrogens with zero attached hydrogens (tertiary/aromatic N) is 2. The predicted molar refractivity (Wildman–Crippen MR) is 48.0 cm³/mol. The van der Waals surface area contributed by atoms with Crippen LogP contribution in [-0.4, -0.2) is 44.7 Å². The second kappa shape index (κ2) is 5.01. The minimum absolute atomic E-state index is 0.00259. The second-order valence-corrected chi connectivity index (χ2v) is 2.64. The summed E-state index contributed by atoms with van der Waals surface area (Å²) in [5, 5.41) is 19.3. The highest BCUT2D eigenvalue weighted by atomic mass is 16.4. The van der Waals surface area contributed by atoms with E-state index in [1.165, 1.54) is 18.6 Å². The van der Waals surface area contributed by atoms with Crippen LogP contribution < -0.4 is 5.32 Å². The van der Waals surface area contributed by atoms with Gasteiger partial charge in [0.2, 0.25) is 0 Å². The SMILES string of the molecule is O=C(N[C@@H](CO)C(=O)O)c1cnccn1. The third-order valence-electron chi connectivity index (χ3n) is 1.58. The molecule has 1 atom stereocenters. The number of aromatic nitrogens is 2. The number of amides is 1. The van der Waals surface area contributed by atoms with E-state index in [2.05, 4.69) is 15.3 Å². The molecule has 0 unspecified atom stereocenters. The summed E-state index contributed by atoms with van der Waals surface area (Å²) in [6.07, 6.45) is 3.90. The second-order valence-electron chi connectivity index (χ2n) is 2.64. The number of carboxylic acids is 1. The van der Waals surface area contributed by atoms with Gasteiger partial charge in [0.25, 0.3) is 5.91 Å². The Hall–Kier alpha value is -2.02. The molecule has 3 N–H and O–H groups in total. The maximum Gasteiger partial charge on any atom is 0.328 e. The quantitative estimate of drug-likeness (QED) is 0.567. The number of carbonyl (C=O) groups is 2. The van der Waals surface area contributed by atoms with Gasteiger partial charge in [-0.05, 0) is 0 Å².